The monoisotopic (exact) mass is 457 g/mol. The lowest BCUT2D eigenvalue weighted by atomic mass is 10.0. The van der Waals surface area contributed by atoms with Crippen LogP contribution in [0.4, 0.5) is 17.6 Å². The minimum absolute atomic E-state index is 0.0654. The van der Waals surface area contributed by atoms with Crippen molar-refractivity contribution < 1.29 is 27.1 Å². The molecular formula is C20H16ClF4N3O3. The molecular weight excluding hydrogens is 442 g/mol. The van der Waals surface area contributed by atoms with Gasteiger partial charge in [0.1, 0.15) is 11.4 Å². The molecule has 2 heterocycles. The van der Waals surface area contributed by atoms with Crippen LogP contribution in [0.25, 0.3) is 11.3 Å². The average molecular weight is 458 g/mol. The van der Waals surface area contributed by atoms with Gasteiger partial charge < -0.3 is 9.30 Å². The molecule has 0 aliphatic rings. The fourth-order valence-electron chi connectivity index (χ4n) is 3.20. The molecule has 2 aromatic heterocycles. The van der Waals surface area contributed by atoms with Crippen molar-refractivity contribution in [1.82, 2.24) is 14.3 Å². The summed E-state index contributed by atoms with van der Waals surface area (Å²) in [4.78, 5) is 25.1. The Morgan fingerprint density at radius 1 is 1.23 bits per heavy atom. The molecule has 0 atom stereocenters. The molecule has 3 rings (SSSR count). The van der Waals surface area contributed by atoms with Crippen molar-refractivity contribution in [2.24, 2.45) is 0 Å². The number of hydrogen-bond donors (Lipinski definition) is 0. The lowest BCUT2D eigenvalue weighted by Gasteiger charge is -2.20. The normalized spacial score (nSPS) is 11.6. The Hall–Kier alpha value is -3.14. The molecule has 0 fully saturated rings. The number of aromatic nitrogens is 3. The fraction of sp³-hybridized carbons (Fsp3) is 0.250. The molecule has 0 amide bonds. The van der Waals surface area contributed by atoms with E-state index < -0.39 is 29.1 Å². The van der Waals surface area contributed by atoms with Crippen LogP contribution >= 0.6 is 11.6 Å². The second-order valence-corrected chi connectivity index (χ2v) is 6.89. The van der Waals surface area contributed by atoms with E-state index in [0.717, 1.165) is 36.2 Å². The zero-order valence-electron chi connectivity index (χ0n) is 16.3. The van der Waals surface area contributed by atoms with Gasteiger partial charge in [0.2, 0.25) is 0 Å². The Kier molecular flexibility index (Phi) is 6.21. The Morgan fingerprint density at radius 3 is 2.48 bits per heavy atom. The van der Waals surface area contributed by atoms with E-state index in [1.165, 1.54) is 16.7 Å². The van der Waals surface area contributed by atoms with Crippen LogP contribution in [0.5, 0.6) is 0 Å². The number of esters is 1. The molecule has 0 saturated carbocycles. The summed E-state index contributed by atoms with van der Waals surface area (Å²) in [6.45, 7) is 1.73. The van der Waals surface area contributed by atoms with Crippen LogP contribution in [0.15, 0.2) is 41.3 Å². The lowest BCUT2D eigenvalue weighted by molar-refractivity contribution is -0.141. The molecule has 0 radical (unpaired) electrons. The Labute approximate surface area is 178 Å². The Bertz CT molecular complexity index is 1200. The van der Waals surface area contributed by atoms with Gasteiger partial charge in [-0.15, -0.1) is 0 Å². The summed E-state index contributed by atoms with van der Waals surface area (Å²) >= 11 is 5.74. The summed E-state index contributed by atoms with van der Waals surface area (Å²) in [7, 11) is 1.10. The number of pyridine rings is 1. The average Bonchev–Trinajstić information content (AvgIpc) is 3.18. The second-order valence-electron chi connectivity index (χ2n) is 6.48. The van der Waals surface area contributed by atoms with Crippen LogP contribution in [-0.4, -0.2) is 27.4 Å². The first-order valence-electron chi connectivity index (χ1n) is 8.98. The number of methoxy groups -OCH3 is 1. The van der Waals surface area contributed by atoms with Crippen molar-refractivity contribution >= 4 is 17.6 Å². The highest BCUT2D eigenvalue weighted by molar-refractivity contribution is 6.30. The van der Waals surface area contributed by atoms with Crippen LogP contribution in [0.3, 0.4) is 0 Å². The van der Waals surface area contributed by atoms with E-state index in [4.69, 9.17) is 16.3 Å². The number of hydrogen-bond acceptors (Lipinski definition) is 4. The minimum Gasteiger partial charge on any atom is -0.465 e. The summed E-state index contributed by atoms with van der Waals surface area (Å²) in [5.74, 6) is -1.69. The first-order valence-corrected chi connectivity index (χ1v) is 9.35. The molecule has 164 valence electrons. The molecule has 6 nitrogen and oxygen atoms in total. The highest BCUT2D eigenvalue weighted by atomic mass is 35.5. The quantitative estimate of drug-likeness (QED) is 0.421. The number of rotatable bonds is 5. The van der Waals surface area contributed by atoms with Crippen molar-refractivity contribution in [2.45, 2.75) is 26.2 Å². The van der Waals surface area contributed by atoms with Crippen LogP contribution < -0.4 is 5.43 Å². The number of carbonyl (C=O) groups excluding carboxylic acids is 1. The summed E-state index contributed by atoms with van der Waals surface area (Å²) in [6, 6.07) is 5.70. The number of halogens is 5. The van der Waals surface area contributed by atoms with Crippen molar-refractivity contribution in [3.05, 3.63) is 74.5 Å². The van der Waals surface area contributed by atoms with E-state index in [2.05, 4.69) is 5.10 Å². The zero-order valence-corrected chi connectivity index (χ0v) is 17.1. The smallest absolute Gasteiger partial charge is 0.435 e. The number of alkyl halides is 3. The van der Waals surface area contributed by atoms with Gasteiger partial charge in [-0.3, -0.25) is 9.48 Å². The van der Waals surface area contributed by atoms with Crippen LogP contribution in [0.1, 0.15) is 28.7 Å². The van der Waals surface area contributed by atoms with E-state index in [1.54, 1.807) is 6.92 Å². The predicted octanol–water partition coefficient (Wildman–Crippen LogP) is 4.38. The molecule has 31 heavy (non-hydrogen) atoms. The molecule has 0 aliphatic heterocycles. The zero-order chi connectivity index (χ0) is 22.9. The van der Waals surface area contributed by atoms with Gasteiger partial charge in [0.25, 0.3) is 0 Å². The maximum absolute atomic E-state index is 14.1. The molecule has 0 saturated heterocycles. The highest BCUT2D eigenvalue weighted by Gasteiger charge is 2.33. The van der Waals surface area contributed by atoms with E-state index in [0.29, 0.717) is 0 Å². The maximum atomic E-state index is 14.1. The van der Waals surface area contributed by atoms with Crippen molar-refractivity contribution in [3.63, 3.8) is 0 Å². The molecule has 11 heteroatoms. The maximum Gasteiger partial charge on any atom is 0.435 e. The van der Waals surface area contributed by atoms with Gasteiger partial charge in [0.15, 0.2) is 11.1 Å². The van der Waals surface area contributed by atoms with Crippen LogP contribution in [0.2, 0.25) is 5.02 Å². The van der Waals surface area contributed by atoms with E-state index in [-0.39, 0.29) is 40.6 Å². The molecule has 0 spiro atoms. The fourth-order valence-corrected chi connectivity index (χ4v) is 3.32. The van der Waals surface area contributed by atoms with E-state index >= 15 is 0 Å². The third kappa shape index (κ3) is 4.48. The number of ether oxygens (including phenoxy) is 1. The molecule has 3 aromatic rings. The van der Waals surface area contributed by atoms with E-state index in [9.17, 15) is 27.2 Å². The lowest BCUT2D eigenvalue weighted by Crippen LogP contribution is -2.25. The van der Waals surface area contributed by atoms with Gasteiger partial charge in [-0.05, 0) is 25.1 Å². The standard InChI is InChI=1S/C20H16ClF4N3O3/c1-3-28-12(10-27-7-6-16(26-27)20(23,24)25)9-15(29)17(19(30)31-2)18(28)11-4-5-13(21)14(22)8-11/h4-9H,3,10H2,1-2H3. The van der Waals surface area contributed by atoms with Gasteiger partial charge >= 0.3 is 12.1 Å². The van der Waals surface area contributed by atoms with E-state index in [1.807, 2.05) is 0 Å². The second kappa shape index (κ2) is 8.54. The minimum atomic E-state index is -4.61. The largest absolute Gasteiger partial charge is 0.465 e. The van der Waals surface area contributed by atoms with Crippen LogP contribution in [0, 0.1) is 5.82 Å². The summed E-state index contributed by atoms with van der Waals surface area (Å²) in [6.07, 6.45) is -3.49. The number of carbonyl (C=O) groups is 1. The van der Waals surface area contributed by atoms with Gasteiger partial charge in [-0.1, -0.05) is 17.7 Å². The molecule has 0 bridgehead atoms. The Morgan fingerprint density at radius 2 is 1.94 bits per heavy atom. The topological polar surface area (TPSA) is 66.1 Å². The van der Waals surface area contributed by atoms with Gasteiger partial charge in [0, 0.05) is 30.1 Å². The molecule has 0 N–H and O–H groups in total. The van der Waals surface area contributed by atoms with Crippen molar-refractivity contribution in [2.75, 3.05) is 7.11 Å². The Balaban J connectivity index is 2.23. The third-order valence-electron chi connectivity index (χ3n) is 4.55. The third-order valence-corrected chi connectivity index (χ3v) is 4.86. The van der Waals surface area contributed by atoms with Crippen LogP contribution in [-0.2, 0) is 24.0 Å². The van der Waals surface area contributed by atoms with Crippen molar-refractivity contribution in [3.8, 4) is 11.3 Å². The highest BCUT2D eigenvalue weighted by Crippen LogP contribution is 2.29. The number of benzene rings is 1. The molecule has 0 aliphatic carbocycles. The van der Waals surface area contributed by atoms with Gasteiger partial charge in [-0.25, -0.2) is 9.18 Å². The first-order chi connectivity index (χ1) is 14.6. The van der Waals surface area contributed by atoms with Crippen molar-refractivity contribution in [1.29, 1.82) is 0 Å². The SMILES string of the molecule is CCn1c(Cn2ccc(C(F)(F)F)n2)cc(=O)c(C(=O)OC)c1-c1ccc(Cl)c(F)c1. The molecule has 0 unspecified atom stereocenters. The molecule has 1 aromatic carbocycles. The predicted molar refractivity (Wildman–Crippen MR) is 104 cm³/mol. The first kappa shape index (κ1) is 22.5. The number of nitrogens with zero attached hydrogens (tertiary/aromatic N) is 3. The summed E-state index contributed by atoms with van der Waals surface area (Å²) < 4.78 is 60.0. The summed E-state index contributed by atoms with van der Waals surface area (Å²) in [5, 5.41) is 3.34. The summed E-state index contributed by atoms with van der Waals surface area (Å²) in [5.41, 5.74) is -1.62. The van der Waals surface area contributed by atoms with Gasteiger partial charge in [-0.2, -0.15) is 18.3 Å². The van der Waals surface area contributed by atoms with Gasteiger partial charge in [0.05, 0.1) is 24.4 Å².